The molecule has 94 valence electrons. The molecule has 5 nitrogen and oxygen atoms in total. The average molecular weight is 232 g/mol. The molecule has 0 heterocycles. The van der Waals surface area contributed by atoms with Crippen molar-refractivity contribution in [3.63, 3.8) is 0 Å². The average Bonchev–Trinajstić information content (AvgIpc) is 2.25. The Morgan fingerprint density at radius 3 is 2.31 bits per heavy atom. The van der Waals surface area contributed by atoms with Crippen molar-refractivity contribution in [3.05, 3.63) is 0 Å². The first kappa shape index (κ1) is 14.7. The van der Waals surface area contributed by atoms with Gasteiger partial charge in [-0.2, -0.15) is 0 Å². The zero-order valence-corrected chi connectivity index (χ0v) is 9.90. The topological polar surface area (TPSA) is 72.8 Å². The first-order valence-electron chi connectivity index (χ1n) is 5.59. The van der Waals surface area contributed by atoms with Gasteiger partial charge in [-0.25, -0.2) is 9.59 Å². The van der Waals surface area contributed by atoms with E-state index >= 15 is 0 Å². The van der Waals surface area contributed by atoms with Crippen LogP contribution in [0.1, 0.15) is 45.4 Å². The molecule has 0 bridgehead atoms. The van der Waals surface area contributed by atoms with Crippen molar-refractivity contribution < 1.29 is 24.2 Å². The molecule has 16 heavy (non-hydrogen) atoms. The first-order chi connectivity index (χ1) is 7.61. The molecule has 1 unspecified atom stereocenters. The third-order valence-corrected chi connectivity index (χ3v) is 2.28. The fourth-order valence-corrected chi connectivity index (χ4v) is 1.41. The van der Waals surface area contributed by atoms with E-state index in [0.717, 1.165) is 32.1 Å². The van der Waals surface area contributed by atoms with Crippen LogP contribution in [-0.2, 0) is 14.3 Å². The fourth-order valence-electron chi connectivity index (χ4n) is 1.41. The number of hydrogen-bond acceptors (Lipinski definition) is 4. The van der Waals surface area contributed by atoms with E-state index in [1.165, 1.54) is 7.11 Å². The minimum absolute atomic E-state index is 0.392. The second-order valence-corrected chi connectivity index (χ2v) is 3.60. The Labute approximate surface area is 95.7 Å². The number of methoxy groups -OCH3 is 1. The first-order valence-corrected chi connectivity index (χ1v) is 5.59. The number of rotatable bonds is 8. The van der Waals surface area contributed by atoms with E-state index in [-0.39, 0.29) is 0 Å². The molecule has 0 aliphatic carbocycles. The van der Waals surface area contributed by atoms with Crippen molar-refractivity contribution in [2.45, 2.75) is 51.6 Å². The number of ether oxygens (including phenoxy) is 2. The Morgan fingerprint density at radius 1 is 1.19 bits per heavy atom. The lowest BCUT2D eigenvalue weighted by atomic mass is 10.1. The number of unbranched alkanes of at least 4 members (excludes halogenated alkanes) is 4. The smallest absolute Gasteiger partial charge is 0.466 e. The minimum atomic E-state index is -1.44. The fraction of sp³-hybridized carbons (Fsp3) is 0.818. The van der Waals surface area contributed by atoms with Crippen LogP contribution in [0.25, 0.3) is 0 Å². The van der Waals surface area contributed by atoms with Gasteiger partial charge < -0.3 is 14.6 Å². The molecule has 0 aromatic heterocycles. The number of hydrogen-bond donors (Lipinski definition) is 1. The Kier molecular flexibility index (Phi) is 8.29. The Balaban J connectivity index is 3.83. The summed E-state index contributed by atoms with van der Waals surface area (Å²) in [5.41, 5.74) is 0. The maximum Gasteiger partial charge on any atom is 0.506 e. The maximum absolute atomic E-state index is 11.2. The molecule has 0 spiro atoms. The highest BCUT2D eigenvalue weighted by Gasteiger charge is 2.22. The van der Waals surface area contributed by atoms with E-state index in [1.807, 2.05) is 0 Å². The lowest BCUT2D eigenvalue weighted by molar-refractivity contribution is -0.152. The van der Waals surface area contributed by atoms with Crippen LogP contribution in [0, 0.1) is 0 Å². The van der Waals surface area contributed by atoms with Gasteiger partial charge in [0.25, 0.3) is 0 Å². The highest BCUT2D eigenvalue weighted by Crippen LogP contribution is 2.10. The standard InChI is InChI=1S/C11H20O5/c1-3-4-5-6-7-8-9(10(12)15-2)16-11(13)14/h9H,3-8H2,1-2H3,(H,13,14). The lowest BCUT2D eigenvalue weighted by Crippen LogP contribution is -2.27. The summed E-state index contributed by atoms with van der Waals surface area (Å²) in [6.07, 6.45) is 3.11. The van der Waals surface area contributed by atoms with Crippen molar-refractivity contribution in [1.29, 1.82) is 0 Å². The van der Waals surface area contributed by atoms with Crippen LogP contribution in [0.3, 0.4) is 0 Å². The van der Waals surface area contributed by atoms with Gasteiger partial charge in [0.05, 0.1) is 7.11 Å². The van der Waals surface area contributed by atoms with Crippen LogP contribution >= 0.6 is 0 Å². The van der Waals surface area contributed by atoms with Gasteiger partial charge in [-0.3, -0.25) is 0 Å². The van der Waals surface area contributed by atoms with Crippen molar-refractivity contribution in [3.8, 4) is 0 Å². The molecule has 0 rings (SSSR count). The largest absolute Gasteiger partial charge is 0.506 e. The lowest BCUT2D eigenvalue weighted by Gasteiger charge is -2.13. The zero-order valence-electron chi connectivity index (χ0n) is 9.90. The molecule has 0 aromatic carbocycles. The van der Waals surface area contributed by atoms with Gasteiger partial charge in [-0.15, -0.1) is 0 Å². The predicted molar refractivity (Wildman–Crippen MR) is 58.3 cm³/mol. The molecule has 0 amide bonds. The quantitative estimate of drug-likeness (QED) is 0.514. The molecule has 5 heteroatoms. The molecule has 0 saturated heterocycles. The number of carbonyl (C=O) groups is 2. The zero-order chi connectivity index (χ0) is 12.4. The van der Waals surface area contributed by atoms with Gasteiger partial charge in [0.2, 0.25) is 6.10 Å². The second-order valence-electron chi connectivity index (χ2n) is 3.60. The third-order valence-electron chi connectivity index (χ3n) is 2.28. The second kappa shape index (κ2) is 9.00. The summed E-state index contributed by atoms with van der Waals surface area (Å²) >= 11 is 0. The van der Waals surface area contributed by atoms with Crippen molar-refractivity contribution in [2.75, 3.05) is 7.11 Å². The van der Waals surface area contributed by atoms with Crippen LogP contribution in [-0.4, -0.2) is 30.4 Å². The molecular weight excluding hydrogens is 212 g/mol. The highest BCUT2D eigenvalue weighted by atomic mass is 16.7. The molecule has 0 aliphatic heterocycles. The van der Waals surface area contributed by atoms with Gasteiger partial charge >= 0.3 is 12.1 Å². The van der Waals surface area contributed by atoms with E-state index < -0.39 is 18.2 Å². The molecule has 1 atom stereocenters. The number of carbonyl (C=O) groups excluding carboxylic acids is 1. The number of esters is 1. The van der Waals surface area contributed by atoms with Crippen LogP contribution in [0.4, 0.5) is 4.79 Å². The molecule has 0 radical (unpaired) electrons. The highest BCUT2D eigenvalue weighted by molar-refractivity contribution is 5.76. The molecule has 0 aliphatic rings. The summed E-state index contributed by atoms with van der Waals surface area (Å²) in [6.45, 7) is 2.12. The van der Waals surface area contributed by atoms with E-state index in [9.17, 15) is 9.59 Å². The normalized spacial score (nSPS) is 11.9. The van der Waals surface area contributed by atoms with E-state index in [1.54, 1.807) is 0 Å². The Morgan fingerprint density at radius 2 is 1.81 bits per heavy atom. The van der Waals surface area contributed by atoms with Gasteiger partial charge in [0.15, 0.2) is 0 Å². The van der Waals surface area contributed by atoms with Crippen LogP contribution < -0.4 is 0 Å². The summed E-state index contributed by atoms with van der Waals surface area (Å²) in [5.74, 6) is -0.627. The SMILES string of the molecule is CCCCCCCC(OC(=O)O)C(=O)OC. The van der Waals surface area contributed by atoms with Gasteiger partial charge in [0, 0.05) is 0 Å². The van der Waals surface area contributed by atoms with Crippen LogP contribution in [0.15, 0.2) is 0 Å². The van der Waals surface area contributed by atoms with Gasteiger partial charge in [-0.1, -0.05) is 32.6 Å². The molecule has 1 N–H and O–H groups in total. The summed E-state index contributed by atoms with van der Waals surface area (Å²) in [7, 11) is 1.22. The predicted octanol–water partition coefficient (Wildman–Crippen LogP) is 2.58. The molecule has 0 saturated carbocycles. The molecular formula is C11H20O5. The summed E-state index contributed by atoms with van der Waals surface area (Å²) in [6, 6.07) is 0. The van der Waals surface area contributed by atoms with E-state index in [0.29, 0.717) is 6.42 Å². The summed E-state index contributed by atoms with van der Waals surface area (Å²) in [4.78, 5) is 21.5. The van der Waals surface area contributed by atoms with Crippen molar-refractivity contribution in [2.24, 2.45) is 0 Å². The minimum Gasteiger partial charge on any atom is -0.466 e. The van der Waals surface area contributed by atoms with Crippen LogP contribution in [0.2, 0.25) is 0 Å². The summed E-state index contributed by atoms with van der Waals surface area (Å²) in [5, 5.41) is 8.44. The van der Waals surface area contributed by atoms with Crippen molar-refractivity contribution in [1.82, 2.24) is 0 Å². The van der Waals surface area contributed by atoms with Gasteiger partial charge in [0.1, 0.15) is 0 Å². The number of carboxylic acid groups (broad SMARTS) is 1. The molecule has 0 fully saturated rings. The van der Waals surface area contributed by atoms with Gasteiger partial charge in [-0.05, 0) is 12.8 Å². The monoisotopic (exact) mass is 232 g/mol. The maximum atomic E-state index is 11.2. The molecule has 0 aromatic rings. The van der Waals surface area contributed by atoms with Crippen molar-refractivity contribution >= 4 is 12.1 Å². The van der Waals surface area contributed by atoms with E-state index in [4.69, 9.17) is 5.11 Å². The van der Waals surface area contributed by atoms with E-state index in [2.05, 4.69) is 16.4 Å². The Bertz CT molecular complexity index is 214. The Hall–Kier alpha value is -1.26. The third kappa shape index (κ3) is 7.09. The summed E-state index contributed by atoms with van der Waals surface area (Å²) < 4.78 is 8.92. The van der Waals surface area contributed by atoms with Crippen LogP contribution in [0.5, 0.6) is 0 Å².